The summed E-state index contributed by atoms with van der Waals surface area (Å²) in [6.45, 7) is 2.01. The van der Waals surface area contributed by atoms with Crippen molar-refractivity contribution in [3.05, 3.63) is 18.1 Å². The van der Waals surface area contributed by atoms with E-state index < -0.39 is 0 Å². The van der Waals surface area contributed by atoms with Crippen molar-refractivity contribution in [2.75, 3.05) is 20.2 Å². The Morgan fingerprint density at radius 1 is 1.58 bits per heavy atom. The van der Waals surface area contributed by atoms with Crippen LogP contribution in [0.3, 0.4) is 0 Å². The SMILES string of the molecule is COc1ncncc1C1CNC1. The van der Waals surface area contributed by atoms with Gasteiger partial charge in [-0.2, -0.15) is 0 Å². The third-order valence-corrected chi connectivity index (χ3v) is 2.12. The molecule has 0 unspecified atom stereocenters. The van der Waals surface area contributed by atoms with Crippen molar-refractivity contribution in [1.82, 2.24) is 15.3 Å². The summed E-state index contributed by atoms with van der Waals surface area (Å²) < 4.78 is 5.12. The predicted molar refractivity (Wildman–Crippen MR) is 44.2 cm³/mol. The average molecular weight is 165 g/mol. The number of ether oxygens (including phenoxy) is 1. The van der Waals surface area contributed by atoms with Crippen molar-refractivity contribution >= 4 is 0 Å². The van der Waals surface area contributed by atoms with Crippen LogP contribution in [0.25, 0.3) is 0 Å². The zero-order valence-electron chi connectivity index (χ0n) is 6.95. The van der Waals surface area contributed by atoms with Crippen LogP contribution in [0.2, 0.25) is 0 Å². The van der Waals surface area contributed by atoms with E-state index in [2.05, 4.69) is 15.3 Å². The Kier molecular flexibility index (Phi) is 1.91. The van der Waals surface area contributed by atoms with Crippen LogP contribution in [0.5, 0.6) is 5.88 Å². The van der Waals surface area contributed by atoms with Crippen LogP contribution in [-0.4, -0.2) is 30.2 Å². The van der Waals surface area contributed by atoms with E-state index in [0.717, 1.165) is 18.7 Å². The van der Waals surface area contributed by atoms with Gasteiger partial charge in [-0.1, -0.05) is 0 Å². The van der Waals surface area contributed by atoms with E-state index >= 15 is 0 Å². The molecule has 2 heterocycles. The summed E-state index contributed by atoms with van der Waals surface area (Å²) in [7, 11) is 1.64. The number of methoxy groups -OCH3 is 1. The first-order valence-electron chi connectivity index (χ1n) is 3.96. The maximum absolute atomic E-state index is 5.12. The zero-order valence-corrected chi connectivity index (χ0v) is 6.95. The summed E-state index contributed by atoms with van der Waals surface area (Å²) >= 11 is 0. The largest absolute Gasteiger partial charge is 0.481 e. The summed E-state index contributed by atoms with van der Waals surface area (Å²) in [5, 5.41) is 3.20. The van der Waals surface area contributed by atoms with Crippen LogP contribution in [0.4, 0.5) is 0 Å². The van der Waals surface area contributed by atoms with E-state index in [0.29, 0.717) is 11.8 Å². The number of hydrogen-bond donors (Lipinski definition) is 1. The molecule has 1 aromatic heterocycles. The molecule has 1 aliphatic rings. The molecule has 1 aliphatic heterocycles. The maximum atomic E-state index is 5.12. The van der Waals surface area contributed by atoms with Crippen molar-refractivity contribution < 1.29 is 4.74 Å². The summed E-state index contributed by atoms with van der Waals surface area (Å²) in [4.78, 5) is 8.02. The molecular weight excluding hydrogens is 154 g/mol. The fourth-order valence-corrected chi connectivity index (χ4v) is 1.29. The number of hydrogen-bond acceptors (Lipinski definition) is 4. The van der Waals surface area contributed by atoms with E-state index in [1.165, 1.54) is 6.33 Å². The Morgan fingerprint density at radius 3 is 3.00 bits per heavy atom. The van der Waals surface area contributed by atoms with E-state index in [1.807, 2.05) is 6.20 Å². The normalized spacial score (nSPS) is 17.1. The molecule has 1 saturated heterocycles. The smallest absolute Gasteiger partial charge is 0.219 e. The minimum absolute atomic E-state index is 0.529. The molecule has 1 aromatic rings. The fraction of sp³-hybridized carbons (Fsp3) is 0.500. The third kappa shape index (κ3) is 1.14. The van der Waals surface area contributed by atoms with Gasteiger partial charge in [-0.15, -0.1) is 0 Å². The highest BCUT2D eigenvalue weighted by atomic mass is 16.5. The molecule has 0 spiro atoms. The molecule has 64 valence electrons. The lowest BCUT2D eigenvalue weighted by Gasteiger charge is -2.27. The van der Waals surface area contributed by atoms with Crippen molar-refractivity contribution in [1.29, 1.82) is 0 Å². The number of nitrogens with one attached hydrogen (secondary N) is 1. The van der Waals surface area contributed by atoms with Crippen LogP contribution in [0.1, 0.15) is 11.5 Å². The van der Waals surface area contributed by atoms with E-state index in [1.54, 1.807) is 7.11 Å². The van der Waals surface area contributed by atoms with E-state index in [9.17, 15) is 0 Å². The first-order chi connectivity index (χ1) is 5.92. The minimum Gasteiger partial charge on any atom is -0.481 e. The monoisotopic (exact) mass is 165 g/mol. The van der Waals surface area contributed by atoms with Crippen molar-refractivity contribution in [3.63, 3.8) is 0 Å². The second kappa shape index (κ2) is 3.06. The Morgan fingerprint density at radius 2 is 2.42 bits per heavy atom. The minimum atomic E-state index is 0.529. The second-order valence-electron chi connectivity index (χ2n) is 2.84. The Labute approximate surface area is 71.0 Å². The molecule has 0 atom stereocenters. The van der Waals surface area contributed by atoms with Crippen LogP contribution >= 0.6 is 0 Å². The Hall–Kier alpha value is -1.16. The van der Waals surface area contributed by atoms with Gasteiger partial charge in [0.15, 0.2) is 0 Å². The van der Waals surface area contributed by atoms with Gasteiger partial charge in [-0.05, 0) is 0 Å². The predicted octanol–water partition coefficient (Wildman–Crippen LogP) is 0.172. The lowest BCUT2D eigenvalue weighted by molar-refractivity contribution is 0.369. The topological polar surface area (TPSA) is 47.0 Å². The first kappa shape index (κ1) is 7.49. The molecule has 0 aromatic carbocycles. The summed E-state index contributed by atoms with van der Waals surface area (Å²) in [6, 6.07) is 0. The van der Waals surface area contributed by atoms with Crippen molar-refractivity contribution in [2.24, 2.45) is 0 Å². The third-order valence-electron chi connectivity index (χ3n) is 2.12. The standard InChI is InChI=1S/C8H11N3O/c1-12-8-7(4-10-5-11-8)6-2-9-3-6/h4-6,9H,2-3H2,1H3. The van der Waals surface area contributed by atoms with Crippen LogP contribution in [-0.2, 0) is 0 Å². The molecule has 0 bridgehead atoms. The Balaban J connectivity index is 2.27. The quantitative estimate of drug-likeness (QED) is 0.678. The number of aromatic nitrogens is 2. The molecular formula is C8H11N3O. The molecule has 2 rings (SSSR count). The molecule has 0 amide bonds. The van der Waals surface area contributed by atoms with Gasteiger partial charge in [0, 0.05) is 30.8 Å². The van der Waals surface area contributed by atoms with Crippen LogP contribution in [0, 0.1) is 0 Å². The fourth-order valence-electron chi connectivity index (χ4n) is 1.29. The van der Waals surface area contributed by atoms with Gasteiger partial charge in [-0.25, -0.2) is 9.97 Å². The van der Waals surface area contributed by atoms with Gasteiger partial charge >= 0.3 is 0 Å². The maximum Gasteiger partial charge on any atom is 0.219 e. The second-order valence-corrected chi connectivity index (χ2v) is 2.84. The van der Waals surface area contributed by atoms with Crippen LogP contribution < -0.4 is 10.1 Å². The average Bonchev–Trinajstić information content (AvgIpc) is 2.02. The van der Waals surface area contributed by atoms with Gasteiger partial charge in [0.25, 0.3) is 0 Å². The van der Waals surface area contributed by atoms with Gasteiger partial charge < -0.3 is 10.1 Å². The molecule has 1 N–H and O–H groups in total. The first-order valence-corrected chi connectivity index (χ1v) is 3.96. The molecule has 0 saturated carbocycles. The highest BCUT2D eigenvalue weighted by Crippen LogP contribution is 2.25. The molecule has 0 radical (unpaired) electrons. The summed E-state index contributed by atoms with van der Waals surface area (Å²) in [6.07, 6.45) is 3.34. The lowest BCUT2D eigenvalue weighted by Crippen LogP contribution is -2.40. The van der Waals surface area contributed by atoms with Gasteiger partial charge in [0.1, 0.15) is 6.33 Å². The molecule has 4 heteroatoms. The van der Waals surface area contributed by atoms with Gasteiger partial charge in [0.2, 0.25) is 5.88 Å². The van der Waals surface area contributed by atoms with Crippen molar-refractivity contribution in [2.45, 2.75) is 5.92 Å². The highest BCUT2D eigenvalue weighted by Gasteiger charge is 2.22. The zero-order chi connectivity index (χ0) is 8.39. The van der Waals surface area contributed by atoms with E-state index in [4.69, 9.17) is 4.74 Å². The van der Waals surface area contributed by atoms with Crippen LogP contribution in [0.15, 0.2) is 12.5 Å². The van der Waals surface area contributed by atoms with E-state index in [-0.39, 0.29) is 0 Å². The molecule has 4 nitrogen and oxygen atoms in total. The molecule has 1 fully saturated rings. The number of nitrogens with zero attached hydrogens (tertiary/aromatic N) is 2. The number of rotatable bonds is 2. The van der Waals surface area contributed by atoms with Crippen molar-refractivity contribution in [3.8, 4) is 5.88 Å². The highest BCUT2D eigenvalue weighted by molar-refractivity contribution is 5.28. The Bertz CT molecular complexity index is 273. The lowest BCUT2D eigenvalue weighted by atomic mass is 9.96. The molecule has 0 aliphatic carbocycles. The molecule has 12 heavy (non-hydrogen) atoms. The van der Waals surface area contributed by atoms with Gasteiger partial charge in [0.05, 0.1) is 7.11 Å². The summed E-state index contributed by atoms with van der Waals surface area (Å²) in [5.41, 5.74) is 1.11. The van der Waals surface area contributed by atoms with Gasteiger partial charge in [-0.3, -0.25) is 0 Å². The summed E-state index contributed by atoms with van der Waals surface area (Å²) in [5.74, 6) is 1.23.